The molecular formula is C56H45N5. The minimum Gasteiger partial charge on any atom is -0.278 e. The summed E-state index contributed by atoms with van der Waals surface area (Å²) < 4.78 is 0. The highest BCUT2D eigenvalue weighted by Crippen LogP contribution is 2.51. The number of aliphatic imine (C=N–C) groups is 3. The van der Waals surface area contributed by atoms with Crippen LogP contribution in [0.15, 0.2) is 222 Å². The number of pyridine rings is 1. The maximum atomic E-state index is 5.09. The fraction of sp³-hybridized carbons (Fsp3) is 0.0714. The summed E-state index contributed by atoms with van der Waals surface area (Å²) in [6, 6.07) is 59.1. The Kier molecular flexibility index (Phi) is 10.2. The SMILES string of the molecule is C=CC1=C(N=C)N(c2ccccn2)c2ccc(-c3c4ccccc4c(-c4ccc(C(N=C(C)c5ccccc5)=NC(=C)c5ccccc5)cc4)c4ccccc34)cc2C1(C)C. The van der Waals surface area contributed by atoms with Crippen molar-refractivity contribution in [3.63, 3.8) is 0 Å². The highest BCUT2D eigenvalue weighted by Gasteiger charge is 2.38. The van der Waals surface area contributed by atoms with Crippen LogP contribution in [-0.2, 0) is 5.41 Å². The summed E-state index contributed by atoms with van der Waals surface area (Å²) in [4.78, 5) is 21.5. The first-order valence-corrected chi connectivity index (χ1v) is 20.5. The number of rotatable bonds is 9. The number of hydrogen-bond donors (Lipinski definition) is 0. The van der Waals surface area contributed by atoms with E-state index in [-0.39, 0.29) is 0 Å². The Morgan fingerprint density at radius 2 is 1.15 bits per heavy atom. The van der Waals surface area contributed by atoms with Crippen molar-refractivity contribution in [2.45, 2.75) is 26.2 Å². The molecule has 0 saturated heterocycles. The molecule has 1 aromatic heterocycles. The van der Waals surface area contributed by atoms with Gasteiger partial charge in [0.05, 0.1) is 11.4 Å². The zero-order chi connectivity index (χ0) is 42.1. The van der Waals surface area contributed by atoms with Gasteiger partial charge in [-0.2, -0.15) is 0 Å². The maximum absolute atomic E-state index is 5.09. The Morgan fingerprint density at radius 1 is 0.607 bits per heavy atom. The molecule has 9 rings (SSSR count). The Balaban J connectivity index is 1.19. The van der Waals surface area contributed by atoms with E-state index in [1.807, 2.05) is 79.7 Å². The van der Waals surface area contributed by atoms with E-state index in [0.29, 0.717) is 11.5 Å². The molecule has 5 nitrogen and oxygen atoms in total. The van der Waals surface area contributed by atoms with E-state index in [0.717, 1.165) is 62.0 Å². The van der Waals surface area contributed by atoms with Gasteiger partial charge in [0.2, 0.25) is 0 Å². The molecule has 0 atom stereocenters. The third-order valence-corrected chi connectivity index (χ3v) is 11.7. The smallest absolute Gasteiger partial charge is 0.160 e. The van der Waals surface area contributed by atoms with Crippen molar-refractivity contribution in [3.8, 4) is 22.3 Å². The molecule has 0 radical (unpaired) electrons. The molecule has 0 aliphatic carbocycles. The summed E-state index contributed by atoms with van der Waals surface area (Å²) in [6.07, 6.45) is 3.72. The van der Waals surface area contributed by atoms with Crippen molar-refractivity contribution < 1.29 is 0 Å². The molecule has 0 saturated carbocycles. The van der Waals surface area contributed by atoms with E-state index < -0.39 is 5.41 Å². The predicted octanol–water partition coefficient (Wildman–Crippen LogP) is 14.2. The van der Waals surface area contributed by atoms with Crippen molar-refractivity contribution in [1.29, 1.82) is 0 Å². The number of amidine groups is 1. The average molecular weight is 788 g/mol. The van der Waals surface area contributed by atoms with Crippen molar-refractivity contribution >= 4 is 57.0 Å². The molecule has 1 aliphatic rings. The number of aromatic nitrogens is 1. The first-order valence-electron chi connectivity index (χ1n) is 20.5. The molecule has 61 heavy (non-hydrogen) atoms. The lowest BCUT2D eigenvalue weighted by atomic mass is 9.73. The lowest BCUT2D eigenvalue weighted by molar-refractivity contribution is 0.616. The number of hydrogen-bond acceptors (Lipinski definition) is 4. The van der Waals surface area contributed by atoms with Crippen molar-refractivity contribution in [2.75, 3.05) is 4.90 Å². The van der Waals surface area contributed by atoms with Gasteiger partial charge in [0.15, 0.2) is 5.84 Å². The second-order valence-corrected chi connectivity index (χ2v) is 15.7. The highest BCUT2D eigenvalue weighted by atomic mass is 15.3. The van der Waals surface area contributed by atoms with Gasteiger partial charge in [0.25, 0.3) is 0 Å². The second kappa shape index (κ2) is 16.1. The van der Waals surface area contributed by atoms with E-state index in [9.17, 15) is 0 Å². The molecule has 0 fully saturated rings. The van der Waals surface area contributed by atoms with Crippen LogP contribution in [0.5, 0.6) is 0 Å². The van der Waals surface area contributed by atoms with Gasteiger partial charge < -0.3 is 0 Å². The quantitative estimate of drug-likeness (QED) is 0.0831. The second-order valence-electron chi connectivity index (χ2n) is 15.7. The van der Waals surface area contributed by atoms with Crippen LogP contribution in [0.3, 0.4) is 0 Å². The molecule has 0 unspecified atom stereocenters. The molecule has 5 heteroatoms. The molecule has 0 amide bonds. The van der Waals surface area contributed by atoms with Gasteiger partial charge in [-0.25, -0.2) is 20.0 Å². The van der Waals surface area contributed by atoms with Gasteiger partial charge in [-0.15, -0.1) is 0 Å². The summed E-state index contributed by atoms with van der Waals surface area (Å²) in [5, 5.41) is 4.69. The molecule has 0 N–H and O–H groups in total. The molecule has 2 heterocycles. The van der Waals surface area contributed by atoms with Crippen LogP contribution < -0.4 is 4.90 Å². The topological polar surface area (TPSA) is 53.2 Å². The van der Waals surface area contributed by atoms with Gasteiger partial charge >= 0.3 is 0 Å². The lowest BCUT2D eigenvalue weighted by Gasteiger charge is -2.41. The Hall–Kier alpha value is -7.76. The Morgan fingerprint density at radius 3 is 1.70 bits per heavy atom. The fourth-order valence-electron chi connectivity index (χ4n) is 8.68. The third kappa shape index (κ3) is 7.00. The van der Waals surface area contributed by atoms with Gasteiger partial charge in [-0.05, 0) is 98.4 Å². The van der Waals surface area contributed by atoms with Gasteiger partial charge in [-0.3, -0.25) is 4.90 Å². The standard InChI is InChI=1S/C56H45N5/c1-7-48-55(57-6)61(51-28-18-19-35-58-51)50-34-33-43(36-49(50)56(48,4)5)53-46-26-16-14-24-44(46)52(45-25-15-17-27-47(45)53)41-29-31-42(32-30-41)54(59-37(2)39-20-10-8-11-21-39)60-38(3)40-22-12-9-13-23-40/h7-36H,1-2,6H2,3-5H3. The van der Waals surface area contributed by atoms with Gasteiger partial charge in [0, 0.05) is 28.5 Å². The molecule has 294 valence electrons. The number of allylic oxidation sites excluding steroid dienone is 2. The molecule has 1 aliphatic heterocycles. The highest BCUT2D eigenvalue weighted by molar-refractivity contribution is 6.21. The van der Waals surface area contributed by atoms with E-state index in [4.69, 9.17) is 15.0 Å². The summed E-state index contributed by atoms with van der Waals surface area (Å²) in [6.45, 7) is 19.0. The first-order chi connectivity index (χ1) is 29.8. The van der Waals surface area contributed by atoms with Crippen LogP contribution in [0.1, 0.15) is 43.0 Å². The minimum atomic E-state index is -0.415. The Bertz CT molecular complexity index is 3030. The number of anilines is 2. The average Bonchev–Trinajstić information content (AvgIpc) is 3.31. The normalized spacial score (nSPS) is 13.9. The summed E-state index contributed by atoms with van der Waals surface area (Å²) in [5.41, 5.74) is 11.8. The van der Waals surface area contributed by atoms with Crippen LogP contribution >= 0.6 is 0 Å². The van der Waals surface area contributed by atoms with E-state index in [2.05, 4.69) is 147 Å². The summed E-state index contributed by atoms with van der Waals surface area (Å²) in [7, 11) is 0. The van der Waals surface area contributed by atoms with Crippen molar-refractivity contribution in [2.24, 2.45) is 15.0 Å². The van der Waals surface area contributed by atoms with E-state index in [1.165, 1.54) is 32.7 Å². The molecule has 7 aromatic carbocycles. The monoisotopic (exact) mass is 787 g/mol. The fourth-order valence-corrected chi connectivity index (χ4v) is 8.68. The summed E-state index contributed by atoms with van der Waals surface area (Å²) in [5.74, 6) is 2.12. The number of benzene rings is 7. The van der Waals surface area contributed by atoms with Crippen LogP contribution in [0.4, 0.5) is 11.5 Å². The lowest BCUT2D eigenvalue weighted by Crippen LogP contribution is -2.33. The maximum Gasteiger partial charge on any atom is 0.160 e. The van der Waals surface area contributed by atoms with Gasteiger partial charge in [0.1, 0.15) is 11.6 Å². The molecule has 0 bridgehead atoms. The minimum absolute atomic E-state index is 0.415. The Labute approximate surface area is 357 Å². The largest absolute Gasteiger partial charge is 0.278 e. The number of nitrogens with zero attached hydrogens (tertiary/aromatic N) is 5. The zero-order valence-electron chi connectivity index (χ0n) is 34.7. The third-order valence-electron chi connectivity index (χ3n) is 11.7. The van der Waals surface area contributed by atoms with Crippen LogP contribution in [-0.4, -0.2) is 23.2 Å². The zero-order valence-corrected chi connectivity index (χ0v) is 34.7. The van der Waals surface area contributed by atoms with Crippen LogP contribution in [0, 0.1) is 0 Å². The summed E-state index contributed by atoms with van der Waals surface area (Å²) >= 11 is 0. The van der Waals surface area contributed by atoms with Crippen LogP contribution in [0.25, 0.3) is 49.5 Å². The molecular weight excluding hydrogens is 743 g/mol. The first kappa shape index (κ1) is 38.7. The van der Waals surface area contributed by atoms with Gasteiger partial charge in [-0.1, -0.05) is 179 Å². The van der Waals surface area contributed by atoms with E-state index in [1.54, 1.807) is 6.20 Å². The van der Waals surface area contributed by atoms with Crippen molar-refractivity contribution in [1.82, 2.24) is 4.98 Å². The molecule has 8 aromatic rings. The number of fused-ring (bicyclic) bond motifs is 3. The van der Waals surface area contributed by atoms with Crippen molar-refractivity contribution in [3.05, 3.63) is 229 Å². The molecule has 0 spiro atoms. The van der Waals surface area contributed by atoms with Crippen LogP contribution in [0.2, 0.25) is 0 Å². The predicted molar refractivity (Wildman–Crippen MR) is 259 cm³/mol. The van der Waals surface area contributed by atoms with E-state index >= 15 is 0 Å².